The molecular weight excluding hydrogens is 327 g/mol. The summed E-state index contributed by atoms with van der Waals surface area (Å²) in [6, 6.07) is 5.75. The van der Waals surface area contributed by atoms with Crippen LogP contribution in [-0.2, 0) is 0 Å². The third-order valence-corrected chi connectivity index (χ3v) is 4.16. The molecule has 1 aromatic heterocycles. The number of hydrogen-bond acceptors (Lipinski definition) is 2. The van der Waals surface area contributed by atoms with Crippen LogP contribution in [0.15, 0.2) is 28.1 Å². The van der Waals surface area contributed by atoms with Gasteiger partial charge in [0, 0.05) is 16.0 Å². The molecule has 5 heteroatoms. The van der Waals surface area contributed by atoms with E-state index in [2.05, 4.69) is 15.9 Å². The van der Waals surface area contributed by atoms with Gasteiger partial charge in [-0.05, 0) is 47.1 Å². The van der Waals surface area contributed by atoms with Crippen molar-refractivity contribution in [1.82, 2.24) is 0 Å². The van der Waals surface area contributed by atoms with Gasteiger partial charge in [0.1, 0.15) is 5.82 Å². The van der Waals surface area contributed by atoms with Gasteiger partial charge in [-0.1, -0.05) is 11.6 Å². The molecule has 0 aliphatic heterocycles. The molecule has 0 aliphatic carbocycles. The highest BCUT2D eigenvalue weighted by atomic mass is 79.9. The van der Waals surface area contributed by atoms with Crippen LogP contribution in [0.1, 0.15) is 20.8 Å². The number of carbonyl (C=O) groups excluding carboxylic acids is 1. The fourth-order valence-corrected chi connectivity index (χ4v) is 3.33. The maximum absolute atomic E-state index is 13.0. The average Bonchev–Trinajstić information content (AvgIpc) is 2.61. The molecule has 88 valence electrons. The minimum Gasteiger partial charge on any atom is -0.289 e. The second-order valence-electron chi connectivity index (χ2n) is 3.48. The Morgan fingerprint density at radius 2 is 2.12 bits per heavy atom. The van der Waals surface area contributed by atoms with Crippen LogP contribution in [-0.4, -0.2) is 5.78 Å². The molecule has 2 rings (SSSR count). The molecule has 1 nitrogen and oxygen atoms in total. The molecule has 0 radical (unpaired) electrons. The van der Waals surface area contributed by atoms with Crippen molar-refractivity contribution in [3.8, 4) is 0 Å². The summed E-state index contributed by atoms with van der Waals surface area (Å²) in [6.07, 6.45) is 0. The van der Waals surface area contributed by atoms with Crippen LogP contribution in [0.4, 0.5) is 4.39 Å². The number of carbonyl (C=O) groups is 1. The molecule has 2 aromatic rings. The zero-order chi connectivity index (χ0) is 12.6. The molecule has 0 N–H and O–H groups in total. The van der Waals surface area contributed by atoms with Crippen LogP contribution in [0.2, 0.25) is 5.02 Å². The van der Waals surface area contributed by atoms with Crippen molar-refractivity contribution in [3.63, 3.8) is 0 Å². The van der Waals surface area contributed by atoms with Crippen LogP contribution >= 0.6 is 38.9 Å². The first kappa shape index (κ1) is 12.7. The summed E-state index contributed by atoms with van der Waals surface area (Å²) in [4.78, 5) is 13.1. The van der Waals surface area contributed by atoms with Crippen molar-refractivity contribution < 1.29 is 9.18 Å². The van der Waals surface area contributed by atoms with E-state index in [0.29, 0.717) is 11.1 Å². The largest absolute Gasteiger partial charge is 0.289 e. The Balaban J connectivity index is 2.44. The van der Waals surface area contributed by atoms with Crippen LogP contribution in [0.5, 0.6) is 0 Å². The van der Waals surface area contributed by atoms with Gasteiger partial charge < -0.3 is 0 Å². The summed E-state index contributed by atoms with van der Waals surface area (Å²) in [5.41, 5.74) is 1.01. The first-order valence-electron chi connectivity index (χ1n) is 4.74. The average molecular weight is 334 g/mol. The lowest BCUT2D eigenvalue weighted by molar-refractivity contribution is 0.103. The van der Waals surface area contributed by atoms with Crippen molar-refractivity contribution in [2.24, 2.45) is 0 Å². The zero-order valence-electron chi connectivity index (χ0n) is 8.76. The number of halogens is 3. The molecule has 0 spiro atoms. The standard InChI is InChI=1S/C12H7BrClFOS/c1-6-8(5-11(13)17-6)12(16)7-2-3-10(15)9(14)4-7/h2-5H,1H3. The first-order chi connectivity index (χ1) is 7.99. The fraction of sp³-hybridized carbons (Fsp3) is 0.0833. The van der Waals surface area contributed by atoms with Gasteiger partial charge in [-0.3, -0.25) is 4.79 Å². The predicted molar refractivity (Wildman–Crippen MR) is 71.6 cm³/mol. The number of thiophene rings is 1. The van der Waals surface area contributed by atoms with Gasteiger partial charge in [0.15, 0.2) is 5.78 Å². The summed E-state index contributed by atoms with van der Waals surface area (Å²) in [5, 5.41) is -0.0391. The van der Waals surface area contributed by atoms with Crippen molar-refractivity contribution in [1.29, 1.82) is 0 Å². The SMILES string of the molecule is Cc1sc(Br)cc1C(=O)c1ccc(F)c(Cl)c1. The molecule has 0 unspecified atom stereocenters. The highest BCUT2D eigenvalue weighted by Gasteiger charge is 2.15. The van der Waals surface area contributed by atoms with Crippen LogP contribution < -0.4 is 0 Å². The smallest absolute Gasteiger partial charge is 0.194 e. The van der Waals surface area contributed by atoms with E-state index >= 15 is 0 Å². The lowest BCUT2D eigenvalue weighted by atomic mass is 10.0. The lowest BCUT2D eigenvalue weighted by Crippen LogP contribution is -2.01. The van der Waals surface area contributed by atoms with Gasteiger partial charge >= 0.3 is 0 Å². The number of hydrogen-bond donors (Lipinski definition) is 0. The van der Waals surface area contributed by atoms with Crippen LogP contribution in [0, 0.1) is 12.7 Å². The van der Waals surface area contributed by atoms with Gasteiger partial charge in [-0.25, -0.2) is 4.39 Å². The highest BCUT2D eigenvalue weighted by Crippen LogP contribution is 2.28. The maximum Gasteiger partial charge on any atom is 0.194 e. The van der Waals surface area contributed by atoms with Crippen molar-refractivity contribution in [3.05, 3.63) is 54.9 Å². The van der Waals surface area contributed by atoms with Crippen LogP contribution in [0.25, 0.3) is 0 Å². The molecule has 0 atom stereocenters. The summed E-state index contributed by atoms with van der Waals surface area (Å²) in [7, 11) is 0. The van der Waals surface area contributed by atoms with Crippen molar-refractivity contribution in [2.45, 2.75) is 6.92 Å². The van der Waals surface area contributed by atoms with E-state index in [1.807, 2.05) is 6.92 Å². The lowest BCUT2D eigenvalue weighted by Gasteiger charge is -2.01. The molecule has 1 aromatic carbocycles. The Bertz CT molecular complexity index is 594. The van der Waals surface area contributed by atoms with E-state index in [-0.39, 0.29) is 10.8 Å². The molecule has 0 amide bonds. The maximum atomic E-state index is 13.0. The monoisotopic (exact) mass is 332 g/mol. The molecule has 0 saturated heterocycles. The molecule has 0 saturated carbocycles. The van der Waals surface area contributed by atoms with E-state index in [1.165, 1.54) is 29.5 Å². The summed E-state index contributed by atoms with van der Waals surface area (Å²) in [5.74, 6) is -0.669. The predicted octanol–water partition coefficient (Wildman–Crippen LogP) is 4.84. The van der Waals surface area contributed by atoms with E-state index in [4.69, 9.17) is 11.6 Å². The van der Waals surface area contributed by atoms with Gasteiger partial charge in [0.05, 0.1) is 8.81 Å². The quantitative estimate of drug-likeness (QED) is 0.719. The van der Waals surface area contributed by atoms with E-state index in [0.717, 1.165) is 8.66 Å². The van der Waals surface area contributed by atoms with Crippen molar-refractivity contribution >= 4 is 44.7 Å². The fourth-order valence-electron chi connectivity index (χ4n) is 1.46. The first-order valence-corrected chi connectivity index (χ1v) is 6.73. The van der Waals surface area contributed by atoms with Gasteiger partial charge in [-0.2, -0.15) is 0 Å². The zero-order valence-corrected chi connectivity index (χ0v) is 11.9. The van der Waals surface area contributed by atoms with Gasteiger partial charge in [0.25, 0.3) is 0 Å². The minimum absolute atomic E-state index is 0.0391. The van der Waals surface area contributed by atoms with E-state index in [9.17, 15) is 9.18 Å². The number of ketones is 1. The minimum atomic E-state index is -0.522. The normalized spacial score (nSPS) is 10.6. The summed E-state index contributed by atoms with van der Waals surface area (Å²) in [6.45, 7) is 1.87. The number of benzene rings is 1. The molecule has 0 aliphatic rings. The Morgan fingerprint density at radius 1 is 1.41 bits per heavy atom. The van der Waals surface area contributed by atoms with Gasteiger partial charge in [-0.15, -0.1) is 11.3 Å². The highest BCUT2D eigenvalue weighted by molar-refractivity contribution is 9.11. The summed E-state index contributed by atoms with van der Waals surface area (Å²) < 4.78 is 13.9. The summed E-state index contributed by atoms with van der Waals surface area (Å²) >= 11 is 10.5. The van der Waals surface area contributed by atoms with E-state index < -0.39 is 5.82 Å². The third kappa shape index (κ3) is 2.59. The molecule has 0 fully saturated rings. The Hall–Kier alpha value is -0.710. The third-order valence-electron chi connectivity index (χ3n) is 2.31. The van der Waals surface area contributed by atoms with Gasteiger partial charge in [0.2, 0.25) is 0 Å². The topological polar surface area (TPSA) is 17.1 Å². The second kappa shape index (κ2) is 4.88. The molecule has 1 heterocycles. The number of aryl methyl sites for hydroxylation is 1. The van der Waals surface area contributed by atoms with Crippen molar-refractivity contribution in [2.75, 3.05) is 0 Å². The molecule has 17 heavy (non-hydrogen) atoms. The Kier molecular flexibility index (Phi) is 3.66. The second-order valence-corrected chi connectivity index (χ2v) is 6.52. The van der Waals surface area contributed by atoms with E-state index in [1.54, 1.807) is 6.07 Å². The Morgan fingerprint density at radius 3 is 2.65 bits per heavy atom. The Labute approximate surface area is 115 Å². The molecule has 0 bridgehead atoms. The molecular formula is C12H7BrClFOS. The number of rotatable bonds is 2. The van der Waals surface area contributed by atoms with Crippen LogP contribution in [0.3, 0.4) is 0 Å².